The molecule has 1 aromatic heterocycles. The molecular formula is C18H20N2OS. The average Bonchev–Trinajstić information content (AvgIpc) is 3.33. The van der Waals surface area contributed by atoms with E-state index >= 15 is 0 Å². The van der Waals surface area contributed by atoms with Gasteiger partial charge in [0, 0.05) is 17.6 Å². The zero-order valence-electron chi connectivity index (χ0n) is 12.9. The standard InChI is InChI=1S/C18H20N2OS/c1-12-5-6-13(2)16(10-12)22-18-15(4-3-9-19-18)17(21)20-11-14-7-8-14/h3-6,9-10,14H,7-8,11H2,1-2H3,(H,20,21). The first-order valence-corrected chi connectivity index (χ1v) is 8.43. The lowest BCUT2D eigenvalue weighted by Gasteiger charge is -2.10. The van der Waals surface area contributed by atoms with Crippen LogP contribution in [0.1, 0.15) is 34.3 Å². The first kappa shape index (κ1) is 15.1. The summed E-state index contributed by atoms with van der Waals surface area (Å²) in [6.07, 6.45) is 4.21. The van der Waals surface area contributed by atoms with Gasteiger partial charge < -0.3 is 5.32 Å². The summed E-state index contributed by atoms with van der Waals surface area (Å²) in [4.78, 5) is 17.9. The Kier molecular flexibility index (Phi) is 4.48. The molecule has 3 rings (SSSR count). The van der Waals surface area contributed by atoms with Crippen molar-refractivity contribution in [3.8, 4) is 0 Å². The lowest BCUT2D eigenvalue weighted by molar-refractivity contribution is 0.0948. The third-order valence-electron chi connectivity index (χ3n) is 3.81. The maximum atomic E-state index is 12.4. The van der Waals surface area contributed by atoms with Gasteiger partial charge in [0.15, 0.2) is 0 Å². The molecule has 1 saturated carbocycles. The van der Waals surface area contributed by atoms with E-state index in [-0.39, 0.29) is 5.91 Å². The van der Waals surface area contributed by atoms with Crippen molar-refractivity contribution in [3.63, 3.8) is 0 Å². The Balaban J connectivity index is 1.80. The van der Waals surface area contributed by atoms with Gasteiger partial charge in [0.2, 0.25) is 0 Å². The third-order valence-corrected chi connectivity index (χ3v) is 4.99. The van der Waals surface area contributed by atoms with Gasteiger partial charge in [0.1, 0.15) is 5.03 Å². The summed E-state index contributed by atoms with van der Waals surface area (Å²) in [5.74, 6) is 0.656. The van der Waals surface area contributed by atoms with Gasteiger partial charge in [-0.15, -0.1) is 0 Å². The molecule has 0 saturated heterocycles. The van der Waals surface area contributed by atoms with Crippen molar-refractivity contribution in [2.45, 2.75) is 36.6 Å². The highest BCUT2D eigenvalue weighted by molar-refractivity contribution is 7.99. The molecule has 1 aliphatic carbocycles. The second-order valence-corrected chi connectivity index (χ2v) is 6.91. The molecule has 1 aromatic carbocycles. The van der Waals surface area contributed by atoms with Crippen LogP contribution in [0.15, 0.2) is 46.5 Å². The fraction of sp³-hybridized carbons (Fsp3) is 0.333. The summed E-state index contributed by atoms with van der Waals surface area (Å²) in [5.41, 5.74) is 3.07. The molecular weight excluding hydrogens is 292 g/mol. The lowest BCUT2D eigenvalue weighted by atomic mass is 10.2. The van der Waals surface area contributed by atoms with Gasteiger partial charge in [0.05, 0.1) is 5.56 Å². The van der Waals surface area contributed by atoms with Crippen molar-refractivity contribution in [2.24, 2.45) is 5.92 Å². The quantitative estimate of drug-likeness (QED) is 0.907. The molecule has 0 aliphatic heterocycles. The molecule has 4 heteroatoms. The number of aryl methyl sites for hydroxylation is 2. The Bertz CT molecular complexity index is 695. The number of rotatable bonds is 5. The monoisotopic (exact) mass is 312 g/mol. The number of carbonyl (C=O) groups is 1. The van der Waals surface area contributed by atoms with E-state index in [1.54, 1.807) is 18.0 Å². The van der Waals surface area contributed by atoms with Crippen LogP contribution in [0.5, 0.6) is 0 Å². The van der Waals surface area contributed by atoms with Crippen LogP contribution < -0.4 is 5.32 Å². The third kappa shape index (κ3) is 3.69. The van der Waals surface area contributed by atoms with Gasteiger partial charge >= 0.3 is 0 Å². The highest BCUT2D eigenvalue weighted by atomic mass is 32.2. The summed E-state index contributed by atoms with van der Waals surface area (Å²) in [7, 11) is 0. The molecule has 1 aliphatic rings. The van der Waals surface area contributed by atoms with Crippen molar-refractivity contribution in [2.75, 3.05) is 6.54 Å². The van der Waals surface area contributed by atoms with Gasteiger partial charge in [-0.3, -0.25) is 4.79 Å². The number of aromatic nitrogens is 1. The van der Waals surface area contributed by atoms with E-state index in [9.17, 15) is 4.79 Å². The van der Waals surface area contributed by atoms with E-state index in [1.165, 1.54) is 24.0 Å². The Morgan fingerprint density at radius 3 is 2.91 bits per heavy atom. The summed E-state index contributed by atoms with van der Waals surface area (Å²) >= 11 is 1.56. The molecule has 0 bridgehead atoms. The first-order chi connectivity index (χ1) is 10.6. The molecule has 1 amide bonds. The molecule has 1 N–H and O–H groups in total. The van der Waals surface area contributed by atoms with Crippen LogP contribution in [0.3, 0.4) is 0 Å². The Hall–Kier alpha value is -1.81. The van der Waals surface area contributed by atoms with E-state index in [1.807, 2.05) is 12.1 Å². The van der Waals surface area contributed by atoms with Crippen molar-refractivity contribution in [1.82, 2.24) is 10.3 Å². The van der Waals surface area contributed by atoms with E-state index in [4.69, 9.17) is 0 Å². The summed E-state index contributed by atoms with van der Waals surface area (Å²) in [6, 6.07) is 10.0. The van der Waals surface area contributed by atoms with Crippen molar-refractivity contribution < 1.29 is 4.79 Å². The maximum absolute atomic E-state index is 12.4. The number of amides is 1. The summed E-state index contributed by atoms with van der Waals surface area (Å²) < 4.78 is 0. The van der Waals surface area contributed by atoms with Gasteiger partial charge in [-0.25, -0.2) is 4.98 Å². The van der Waals surface area contributed by atoms with Crippen LogP contribution in [-0.2, 0) is 0 Å². The molecule has 0 spiro atoms. The molecule has 0 atom stereocenters. The SMILES string of the molecule is Cc1ccc(C)c(Sc2ncccc2C(=O)NCC2CC2)c1. The zero-order chi connectivity index (χ0) is 15.5. The minimum absolute atomic E-state index is 0.0205. The number of nitrogens with one attached hydrogen (secondary N) is 1. The Labute approximate surface area is 135 Å². The Morgan fingerprint density at radius 2 is 2.14 bits per heavy atom. The fourth-order valence-electron chi connectivity index (χ4n) is 2.22. The zero-order valence-corrected chi connectivity index (χ0v) is 13.7. The van der Waals surface area contributed by atoms with Crippen LogP contribution in [0.2, 0.25) is 0 Å². The maximum Gasteiger partial charge on any atom is 0.254 e. The molecule has 0 radical (unpaired) electrons. The van der Waals surface area contributed by atoms with E-state index in [0.717, 1.165) is 16.5 Å². The number of hydrogen-bond acceptors (Lipinski definition) is 3. The number of pyridine rings is 1. The van der Waals surface area contributed by atoms with Crippen molar-refractivity contribution in [1.29, 1.82) is 0 Å². The smallest absolute Gasteiger partial charge is 0.254 e. The number of benzene rings is 1. The minimum Gasteiger partial charge on any atom is -0.352 e. The normalized spacial score (nSPS) is 13.9. The fourth-order valence-corrected chi connectivity index (χ4v) is 3.29. The van der Waals surface area contributed by atoms with E-state index < -0.39 is 0 Å². The molecule has 22 heavy (non-hydrogen) atoms. The lowest BCUT2D eigenvalue weighted by Crippen LogP contribution is -2.26. The van der Waals surface area contributed by atoms with Gasteiger partial charge in [-0.05, 0) is 61.9 Å². The Morgan fingerprint density at radius 1 is 1.32 bits per heavy atom. The highest BCUT2D eigenvalue weighted by Gasteiger charge is 2.22. The average molecular weight is 312 g/mol. The number of carbonyl (C=O) groups excluding carboxylic acids is 1. The molecule has 2 aromatic rings. The van der Waals surface area contributed by atoms with Gasteiger partial charge in [-0.2, -0.15) is 0 Å². The van der Waals surface area contributed by atoms with Crippen LogP contribution in [0, 0.1) is 19.8 Å². The second kappa shape index (κ2) is 6.53. The van der Waals surface area contributed by atoms with Gasteiger partial charge in [-0.1, -0.05) is 23.9 Å². The van der Waals surface area contributed by atoms with Crippen LogP contribution in [-0.4, -0.2) is 17.4 Å². The van der Waals surface area contributed by atoms with Crippen LogP contribution in [0.25, 0.3) is 0 Å². The van der Waals surface area contributed by atoms with Gasteiger partial charge in [0.25, 0.3) is 5.91 Å². The predicted molar refractivity (Wildman–Crippen MR) is 89.3 cm³/mol. The van der Waals surface area contributed by atoms with Crippen molar-refractivity contribution >= 4 is 17.7 Å². The van der Waals surface area contributed by atoms with E-state index in [0.29, 0.717) is 11.5 Å². The molecule has 1 fully saturated rings. The highest BCUT2D eigenvalue weighted by Crippen LogP contribution is 2.32. The number of hydrogen-bond donors (Lipinski definition) is 1. The molecule has 3 nitrogen and oxygen atoms in total. The van der Waals surface area contributed by atoms with Crippen LogP contribution >= 0.6 is 11.8 Å². The first-order valence-electron chi connectivity index (χ1n) is 7.62. The molecule has 0 unspecified atom stereocenters. The molecule has 1 heterocycles. The summed E-state index contributed by atoms with van der Waals surface area (Å²) in [5, 5.41) is 3.79. The largest absolute Gasteiger partial charge is 0.352 e. The number of nitrogens with zero attached hydrogens (tertiary/aromatic N) is 1. The van der Waals surface area contributed by atoms with E-state index in [2.05, 4.69) is 42.3 Å². The topological polar surface area (TPSA) is 42.0 Å². The minimum atomic E-state index is -0.0205. The van der Waals surface area contributed by atoms with Crippen LogP contribution in [0.4, 0.5) is 0 Å². The van der Waals surface area contributed by atoms with Crippen molar-refractivity contribution in [3.05, 3.63) is 53.2 Å². The predicted octanol–water partition coefficient (Wildman–Crippen LogP) is 3.99. The summed E-state index contributed by atoms with van der Waals surface area (Å²) in [6.45, 7) is 4.93. The molecule has 114 valence electrons. The second-order valence-electron chi connectivity index (χ2n) is 5.88.